The molecule has 1 heterocycles. The number of hydrogen-bond acceptors (Lipinski definition) is 3. The molecule has 0 spiro atoms. The van der Waals surface area contributed by atoms with Gasteiger partial charge >= 0.3 is 0 Å². The van der Waals surface area contributed by atoms with Crippen LogP contribution >= 0.6 is 11.6 Å². The second-order valence-electron chi connectivity index (χ2n) is 3.85. The molecule has 1 aromatic carbocycles. The molecule has 0 fully saturated rings. The molecular formula is C12H15ClN4. The van der Waals surface area contributed by atoms with E-state index in [9.17, 15) is 0 Å². The second-order valence-corrected chi connectivity index (χ2v) is 4.26. The molecule has 1 aromatic heterocycles. The lowest BCUT2D eigenvalue weighted by atomic mass is 10.2. The number of aromatic nitrogens is 3. The first kappa shape index (κ1) is 12.1. The summed E-state index contributed by atoms with van der Waals surface area (Å²) in [5, 5.41) is 12.0. The van der Waals surface area contributed by atoms with E-state index in [1.807, 2.05) is 25.1 Å². The Morgan fingerprint density at radius 3 is 2.94 bits per heavy atom. The number of halogens is 1. The van der Waals surface area contributed by atoms with Gasteiger partial charge < -0.3 is 5.32 Å². The molecule has 0 saturated heterocycles. The van der Waals surface area contributed by atoms with Crippen LogP contribution in [0, 0.1) is 6.92 Å². The molecule has 0 amide bonds. The average Bonchev–Trinajstić information content (AvgIpc) is 2.78. The van der Waals surface area contributed by atoms with Crippen LogP contribution in [0.3, 0.4) is 0 Å². The van der Waals surface area contributed by atoms with Crippen molar-refractivity contribution in [3.8, 4) is 5.69 Å². The zero-order chi connectivity index (χ0) is 12.3. The van der Waals surface area contributed by atoms with Gasteiger partial charge in [0, 0.05) is 11.6 Å². The van der Waals surface area contributed by atoms with Crippen LogP contribution in [0.4, 0.5) is 0 Å². The summed E-state index contributed by atoms with van der Waals surface area (Å²) < 4.78 is 1.80. The summed E-state index contributed by atoms with van der Waals surface area (Å²) in [6.07, 6.45) is 1.76. The fourth-order valence-electron chi connectivity index (χ4n) is 1.56. The van der Waals surface area contributed by atoms with Crippen LogP contribution in [-0.4, -0.2) is 21.5 Å². The molecule has 17 heavy (non-hydrogen) atoms. The van der Waals surface area contributed by atoms with E-state index in [4.69, 9.17) is 11.6 Å². The van der Waals surface area contributed by atoms with Crippen LogP contribution < -0.4 is 5.32 Å². The Morgan fingerprint density at radius 1 is 1.41 bits per heavy atom. The SMILES string of the molecule is CCNCc1cnnn1-c1ccc(C)c(Cl)c1. The zero-order valence-electron chi connectivity index (χ0n) is 9.94. The van der Waals surface area contributed by atoms with Crippen molar-refractivity contribution in [3.63, 3.8) is 0 Å². The molecule has 0 radical (unpaired) electrons. The van der Waals surface area contributed by atoms with Crippen molar-refractivity contribution in [3.05, 3.63) is 40.7 Å². The van der Waals surface area contributed by atoms with Gasteiger partial charge in [-0.3, -0.25) is 0 Å². The van der Waals surface area contributed by atoms with E-state index in [1.54, 1.807) is 10.9 Å². The molecule has 0 atom stereocenters. The smallest absolute Gasteiger partial charge is 0.0783 e. The van der Waals surface area contributed by atoms with Gasteiger partial charge in [-0.25, -0.2) is 4.68 Å². The fourth-order valence-corrected chi connectivity index (χ4v) is 1.74. The highest BCUT2D eigenvalue weighted by Gasteiger charge is 2.06. The van der Waals surface area contributed by atoms with Gasteiger partial charge in [-0.15, -0.1) is 5.10 Å². The van der Waals surface area contributed by atoms with Crippen molar-refractivity contribution in [1.29, 1.82) is 0 Å². The summed E-state index contributed by atoms with van der Waals surface area (Å²) in [6, 6.07) is 5.88. The quantitative estimate of drug-likeness (QED) is 0.906. The molecule has 4 nitrogen and oxygen atoms in total. The molecule has 0 saturated carbocycles. The Hall–Kier alpha value is -1.39. The van der Waals surface area contributed by atoms with Gasteiger partial charge in [0.05, 0.1) is 17.6 Å². The Morgan fingerprint density at radius 2 is 2.24 bits per heavy atom. The van der Waals surface area contributed by atoms with Crippen molar-refractivity contribution >= 4 is 11.6 Å². The van der Waals surface area contributed by atoms with E-state index in [0.717, 1.165) is 35.1 Å². The summed E-state index contributed by atoms with van der Waals surface area (Å²) in [4.78, 5) is 0. The highest BCUT2D eigenvalue weighted by atomic mass is 35.5. The number of nitrogens with one attached hydrogen (secondary N) is 1. The minimum Gasteiger partial charge on any atom is -0.311 e. The molecule has 0 aliphatic heterocycles. The van der Waals surface area contributed by atoms with Crippen LogP contribution in [0.2, 0.25) is 5.02 Å². The molecule has 1 N–H and O–H groups in total. The maximum Gasteiger partial charge on any atom is 0.0783 e. The van der Waals surface area contributed by atoms with Crippen LogP contribution in [0.5, 0.6) is 0 Å². The third-order valence-corrected chi connectivity index (χ3v) is 2.98. The standard InChI is InChI=1S/C12H15ClN4/c1-3-14-7-11-8-15-16-17(11)10-5-4-9(2)12(13)6-10/h4-6,8,14H,3,7H2,1-2H3. The van der Waals surface area contributed by atoms with Crippen LogP contribution in [0.25, 0.3) is 5.69 Å². The minimum absolute atomic E-state index is 0.743. The van der Waals surface area contributed by atoms with E-state index in [2.05, 4.69) is 22.6 Å². The number of aryl methyl sites for hydroxylation is 1. The van der Waals surface area contributed by atoms with E-state index in [0.29, 0.717) is 0 Å². The maximum absolute atomic E-state index is 6.11. The van der Waals surface area contributed by atoms with E-state index >= 15 is 0 Å². The van der Waals surface area contributed by atoms with Gasteiger partial charge in [-0.05, 0) is 31.2 Å². The van der Waals surface area contributed by atoms with Crippen LogP contribution in [0.1, 0.15) is 18.2 Å². The molecule has 2 aromatic rings. The fraction of sp³-hybridized carbons (Fsp3) is 0.333. The first-order chi connectivity index (χ1) is 8.22. The molecule has 0 aliphatic carbocycles. The van der Waals surface area contributed by atoms with Gasteiger partial charge in [0.1, 0.15) is 0 Å². The first-order valence-electron chi connectivity index (χ1n) is 5.59. The largest absolute Gasteiger partial charge is 0.311 e. The normalized spacial score (nSPS) is 10.8. The van der Waals surface area contributed by atoms with E-state index < -0.39 is 0 Å². The Balaban J connectivity index is 2.32. The summed E-state index contributed by atoms with van der Waals surface area (Å²) in [5.74, 6) is 0. The predicted octanol–water partition coefficient (Wildman–Crippen LogP) is 2.34. The predicted molar refractivity (Wildman–Crippen MR) is 68.5 cm³/mol. The topological polar surface area (TPSA) is 42.7 Å². The highest BCUT2D eigenvalue weighted by Crippen LogP contribution is 2.19. The van der Waals surface area contributed by atoms with Crippen molar-refractivity contribution in [2.24, 2.45) is 0 Å². The molecule has 5 heteroatoms. The number of rotatable bonds is 4. The molecule has 90 valence electrons. The molecule has 0 unspecified atom stereocenters. The Bertz CT molecular complexity index is 507. The monoisotopic (exact) mass is 250 g/mol. The van der Waals surface area contributed by atoms with Gasteiger partial charge in [0.25, 0.3) is 0 Å². The third-order valence-electron chi connectivity index (χ3n) is 2.58. The average molecular weight is 251 g/mol. The first-order valence-corrected chi connectivity index (χ1v) is 5.97. The van der Waals surface area contributed by atoms with Crippen LogP contribution in [-0.2, 0) is 6.54 Å². The zero-order valence-corrected chi connectivity index (χ0v) is 10.7. The minimum atomic E-state index is 0.743. The summed E-state index contributed by atoms with van der Waals surface area (Å²) in [7, 11) is 0. The van der Waals surface area contributed by atoms with Gasteiger partial charge in [-0.1, -0.05) is 29.8 Å². The molecule has 2 rings (SSSR count). The van der Waals surface area contributed by atoms with E-state index in [1.165, 1.54) is 0 Å². The maximum atomic E-state index is 6.11. The summed E-state index contributed by atoms with van der Waals surface area (Å²) in [6.45, 7) is 5.71. The van der Waals surface area contributed by atoms with E-state index in [-0.39, 0.29) is 0 Å². The van der Waals surface area contributed by atoms with Gasteiger partial charge in [0.2, 0.25) is 0 Å². The van der Waals surface area contributed by atoms with Crippen LogP contribution in [0.15, 0.2) is 24.4 Å². The number of hydrogen-bond donors (Lipinski definition) is 1. The lowest BCUT2D eigenvalue weighted by molar-refractivity contribution is 0.672. The molecule has 0 bridgehead atoms. The van der Waals surface area contributed by atoms with Gasteiger partial charge in [0.15, 0.2) is 0 Å². The molecule has 0 aliphatic rings. The second kappa shape index (κ2) is 5.29. The van der Waals surface area contributed by atoms with Crippen molar-refractivity contribution in [1.82, 2.24) is 20.3 Å². The summed E-state index contributed by atoms with van der Waals surface area (Å²) in [5.41, 5.74) is 3.02. The third kappa shape index (κ3) is 2.65. The van der Waals surface area contributed by atoms with Crippen molar-refractivity contribution in [2.45, 2.75) is 20.4 Å². The number of nitrogens with zero attached hydrogens (tertiary/aromatic N) is 3. The summed E-state index contributed by atoms with van der Waals surface area (Å²) >= 11 is 6.11. The Kier molecular flexibility index (Phi) is 3.76. The van der Waals surface area contributed by atoms with Gasteiger partial charge in [-0.2, -0.15) is 0 Å². The van der Waals surface area contributed by atoms with Crippen molar-refractivity contribution < 1.29 is 0 Å². The molecular weight excluding hydrogens is 236 g/mol. The highest BCUT2D eigenvalue weighted by molar-refractivity contribution is 6.31. The number of benzene rings is 1. The lowest BCUT2D eigenvalue weighted by Gasteiger charge is -2.07. The Labute approximate surface area is 106 Å². The van der Waals surface area contributed by atoms with Crippen molar-refractivity contribution in [2.75, 3.05) is 6.54 Å². The lowest BCUT2D eigenvalue weighted by Crippen LogP contribution is -2.15.